The van der Waals surface area contributed by atoms with Crippen molar-refractivity contribution in [3.63, 3.8) is 0 Å². The van der Waals surface area contributed by atoms with Gasteiger partial charge in [-0.15, -0.1) is 0 Å². The van der Waals surface area contributed by atoms with Gasteiger partial charge in [0.25, 0.3) is 0 Å². The molecule has 7 heteroatoms. The van der Waals surface area contributed by atoms with E-state index in [1.165, 1.54) is 6.07 Å². The molecule has 0 spiro atoms. The second-order valence-corrected chi connectivity index (χ2v) is 5.33. The molecule has 1 amide bonds. The van der Waals surface area contributed by atoms with Crippen molar-refractivity contribution in [2.75, 3.05) is 6.61 Å². The molecule has 0 bridgehead atoms. The summed E-state index contributed by atoms with van der Waals surface area (Å²) in [4.78, 5) is 15.9. The molecule has 0 aliphatic carbocycles. The molecule has 0 saturated heterocycles. The molecule has 1 unspecified atom stereocenters. The Morgan fingerprint density at radius 1 is 1.48 bits per heavy atom. The van der Waals surface area contributed by atoms with Crippen molar-refractivity contribution in [3.05, 3.63) is 35.5 Å². The van der Waals surface area contributed by atoms with E-state index < -0.39 is 0 Å². The quantitative estimate of drug-likeness (QED) is 0.814. The number of nitrogens with zero attached hydrogens (tertiary/aromatic N) is 2. The Labute approximate surface area is 133 Å². The summed E-state index contributed by atoms with van der Waals surface area (Å²) in [6.07, 6.45) is 1.13. The maximum Gasteiger partial charge on any atom is 0.227 e. The van der Waals surface area contributed by atoms with Gasteiger partial charge in [-0.25, -0.2) is 4.39 Å². The van der Waals surface area contributed by atoms with Crippen molar-refractivity contribution in [2.24, 2.45) is 0 Å². The van der Waals surface area contributed by atoms with Crippen LogP contribution in [0.15, 0.2) is 22.7 Å². The minimum Gasteiger partial charge on any atom is -0.394 e. The number of halogens is 1. The van der Waals surface area contributed by atoms with Gasteiger partial charge in [0, 0.05) is 18.4 Å². The number of nitrogens with one attached hydrogen (secondary N) is 1. The van der Waals surface area contributed by atoms with Crippen LogP contribution in [0.4, 0.5) is 4.39 Å². The predicted molar refractivity (Wildman–Crippen MR) is 82.1 cm³/mol. The zero-order valence-corrected chi connectivity index (χ0v) is 13.2. The average molecular weight is 321 g/mol. The maximum atomic E-state index is 13.6. The Kier molecular flexibility index (Phi) is 5.81. The summed E-state index contributed by atoms with van der Waals surface area (Å²) in [5, 5.41) is 15.6. The van der Waals surface area contributed by atoms with Gasteiger partial charge in [0.15, 0.2) is 0 Å². The third-order valence-corrected chi connectivity index (χ3v) is 3.54. The second-order valence-electron chi connectivity index (χ2n) is 5.33. The number of benzene rings is 1. The normalized spacial score (nSPS) is 12.2. The molecule has 2 aromatic rings. The molecule has 0 saturated carbocycles. The fourth-order valence-electron chi connectivity index (χ4n) is 2.00. The van der Waals surface area contributed by atoms with E-state index in [-0.39, 0.29) is 37.2 Å². The Hall–Kier alpha value is -2.28. The first-order valence-electron chi connectivity index (χ1n) is 7.52. The summed E-state index contributed by atoms with van der Waals surface area (Å²) in [5.41, 5.74) is 1.07. The second kappa shape index (κ2) is 7.82. The van der Waals surface area contributed by atoms with E-state index in [1.54, 1.807) is 19.1 Å². The zero-order chi connectivity index (χ0) is 16.8. The van der Waals surface area contributed by atoms with Crippen LogP contribution in [0, 0.1) is 12.7 Å². The summed E-state index contributed by atoms with van der Waals surface area (Å²) in [6.45, 7) is 3.47. The van der Waals surface area contributed by atoms with Crippen molar-refractivity contribution in [1.82, 2.24) is 15.5 Å². The molecule has 6 nitrogen and oxygen atoms in total. The van der Waals surface area contributed by atoms with Crippen LogP contribution in [-0.4, -0.2) is 33.8 Å². The Bertz CT molecular complexity index is 668. The van der Waals surface area contributed by atoms with Crippen molar-refractivity contribution in [2.45, 2.75) is 39.2 Å². The van der Waals surface area contributed by atoms with Gasteiger partial charge in [-0.3, -0.25) is 4.79 Å². The van der Waals surface area contributed by atoms with E-state index in [0.717, 1.165) is 0 Å². The molecule has 0 radical (unpaired) electrons. The lowest BCUT2D eigenvalue weighted by atomic mass is 10.1. The first-order chi connectivity index (χ1) is 11.0. The molecule has 1 aromatic carbocycles. The smallest absolute Gasteiger partial charge is 0.227 e. The van der Waals surface area contributed by atoms with Crippen LogP contribution in [0.25, 0.3) is 11.4 Å². The standard InChI is InChI=1S/C16H20FN3O3/c1-3-12(9-21)18-14(22)6-7-15-19-16(20-23-15)11-5-4-10(2)13(17)8-11/h4-5,8,12,21H,3,6-7,9H2,1-2H3,(H,18,22). The lowest BCUT2D eigenvalue weighted by Gasteiger charge is -2.13. The van der Waals surface area contributed by atoms with Gasteiger partial charge in [0.1, 0.15) is 5.82 Å². The van der Waals surface area contributed by atoms with Gasteiger partial charge in [0.05, 0.1) is 12.6 Å². The average Bonchev–Trinajstić information content (AvgIpc) is 3.02. The van der Waals surface area contributed by atoms with E-state index in [4.69, 9.17) is 9.63 Å². The van der Waals surface area contributed by atoms with Gasteiger partial charge in [-0.05, 0) is 25.0 Å². The summed E-state index contributed by atoms with van der Waals surface area (Å²) < 4.78 is 18.6. The molecule has 0 aliphatic heterocycles. The molecule has 1 heterocycles. The topological polar surface area (TPSA) is 88.2 Å². The number of hydrogen-bond donors (Lipinski definition) is 2. The zero-order valence-electron chi connectivity index (χ0n) is 13.2. The van der Waals surface area contributed by atoms with Crippen LogP contribution < -0.4 is 5.32 Å². The predicted octanol–water partition coefficient (Wildman–Crippen LogP) is 2.00. The number of rotatable bonds is 7. The number of carbonyl (C=O) groups excluding carboxylic acids is 1. The van der Waals surface area contributed by atoms with Crippen LogP contribution in [-0.2, 0) is 11.2 Å². The number of amides is 1. The van der Waals surface area contributed by atoms with Crippen LogP contribution in [0.3, 0.4) is 0 Å². The largest absolute Gasteiger partial charge is 0.394 e. The van der Waals surface area contributed by atoms with Crippen LogP contribution in [0.1, 0.15) is 31.2 Å². The van der Waals surface area contributed by atoms with E-state index >= 15 is 0 Å². The van der Waals surface area contributed by atoms with E-state index in [1.807, 2.05) is 6.92 Å². The number of carbonyl (C=O) groups is 1. The monoisotopic (exact) mass is 321 g/mol. The molecule has 0 fully saturated rings. The highest BCUT2D eigenvalue weighted by Gasteiger charge is 2.13. The highest BCUT2D eigenvalue weighted by molar-refractivity contribution is 5.76. The van der Waals surface area contributed by atoms with Crippen LogP contribution in [0.5, 0.6) is 0 Å². The molecular weight excluding hydrogens is 301 g/mol. The van der Waals surface area contributed by atoms with Crippen molar-refractivity contribution >= 4 is 5.91 Å². The Morgan fingerprint density at radius 3 is 2.91 bits per heavy atom. The molecule has 2 N–H and O–H groups in total. The van der Waals surface area contributed by atoms with Crippen molar-refractivity contribution < 1.29 is 18.8 Å². The summed E-state index contributed by atoms with van der Waals surface area (Å²) in [6, 6.07) is 4.47. The molecule has 1 aromatic heterocycles. The molecular formula is C16H20FN3O3. The molecule has 0 aliphatic rings. The third-order valence-electron chi connectivity index (χ3n) is 3.54. The lowest BCUT2D eigenvalue weighted by Crippen LogP contribution is -2.37. The first kappa shape index (κ1) is 17.1. The number of aliphatic hydroxyl groups excluding tert-OH is 1. The minimum absolute atomic E-state index is 0.0913. The van der Waals surface area contributed by atoms with Gasteiger partial charge in [-0.2, -0.15) is 4.98 Å². The minimum atomic E-state index is -0.331. The summed E-state index contributed by atoms with van der Waals surface area (Å²) in [7, 11) is 0. The highest BCUT2D eigenvalue weighted by atomic mass is 19.1. The highest BCUT2D eigenvalue weighted by Crippen LogP contribution is 2.19. The van der Waals surface area contributed by atoms with Crippen molar-refractivity contribution in [3.8, 4) is 11.4 Å². The molecule has 1 atom stereocenters. The van der Waals surface area contributed by atoms with E-state index in [9.17, 15) is 9.18 Å². The van der Waals surface area contributed by atoms with E-state index in [2.05, 4.69) is 15.5 Å². The maximum absolute atomic E-state index is 13.6. The van der Waals surface area contributed by atoms with Gasteiger partial charge >= 0.3 is 0 Å². The number of hydrogen-bond acceptors (Lipinski definition) is 5. The molecule has 23 heavy (non-hydrogen) atoms. The van der Waals surface area contributed by atoms with Crippen LogP contribution >= 0.6 is 0 Å². The summed E-state index contributed by atoms with van der Waals surface area (Å²) >= 11 is 0. The van der Waals surface area contributed by atoms with Gasteiger partial charge in [0.2, 0.25) is 17.6 Å². The third kappa shape index (κ3) is 4.59. The number of aryl methyl sites for hydroxylation is 2. The molecule has 124 valence electrons. The first-order valence-corrected chi connectivity index (χ1v) is 7.52. The SMILES string of the molecule is CCC(CO)NC(=O)CCc1nc(-c2ccc(C)c(F)c2)no1. The summed E-state index contributed by atoms with van der Waals surface area (Å²) in [5.74, 6) is 0.0872. The number of aromatic nitrogens is 2. The van der Waals surface area contributed by atoms with E-state index in [0.29, 0.717) is 29.3 Å². The Balaban J connectivity index is 1.94. The molecule has 2 rings (SSSR count). The van der Waals surface area contributed by atoms with Crippen molar-refractivity contribution in [1.29, 1.82) is 0 Å². The van der Waals surface area contributed by atoms with Gasteiger partial charge in [-0.1, -0.05) is 24.2 Å². The Morgan fingerprint density at radius 2 is 2.26 bits per heavy atom. The number of aliphatic hydroxyl groups is 1. The van der Waals surface area contributed by atoms with Gasteiger partial charge < -0.3 is 14.9 Å². The fourth-order valence-corrected chi connectivity index (χ4v) is 2.00. The van der Waals surface area contributed by atoms with Crippen LogP contribution in [0.2, 0.25) is 0 Å². The lowest BCUT2D eigenvalue weighted by molar-refractivity contribution is -0.122. The fraction of sp³-hybridized carbons (Fsp3) is 0.438.